The lowest BCUT2D eigenvalue weighted by Gasteiger charge is -2.17. The van der Waals surface area contributed by atoms with E-state index in [2.05, 4.69) is 0 Å². The number of aliphatic hydroxyl groups is 1. The number of benzene rings is 1. The summed E-state index contributed by atoms with van der Waals surface area (Å²) in [5.41, 5.74) is 0.878. The molecule has 0 aromatic heterocycles. The molecule has 1 atom stereocenters. The summed E-state index contributed by atoms with van der Waals surface area (Å²) in [5.74, 6) is 1.64. The van der Waals surface area contributed by atoms with Gasteiger partial charge in [-0.2, -0.15) is 0 Å². The van der Waals surface area contributed by atoms with Crippen molar-refractivity contribution in [2.24, 2.45) is 0 Å². The Morgan fingerprint density at radius 2 is 1.89 bits per heavy atom. The van der Waals surface area contributed by atoms with E-state index in [1.54, 1.807) is 0 Å². The fraction of sp³-hybridized carbons (Fsp3) is 0.600. The summed E-state index contributed by atoms with van der Waals surface area (Å²) < 4.78 is 11.5. The minimum absolute atomic E-state index is 0.344. The molecule has 0 saturated heterocycles. The molecule has 2 aliphatic rings. The van der Waals surface area contributed by atoms with E-state index in [0.717, 1.165) is 29.9 Å². The third-order valence-corrected chi connectivity index (χ3v) is 3.85. The summed E-state index contributed by atoms with van der Waals surface area (Å²) in [7, 11) is 0. The molecular formula is C15H20O3. The van der Waals surface area contributed by atoms with Gasteiger partial charge in [0.05, 0.1) is 6.10 Å². The van der Waals surface area contributed by atoms with Gasteiger partial charge in [-0.15, -0.1) is 0 Å². The van der Waals surface area contributed by atoms with Gasteiger partial charge in [-0.25, -0.2) is 0 Å². The summed E-state index contributed by atoms with van der Waals surface area (Å²) in [6, 6.07) is 5.77. The number of aliphatic hydroxyl groups excluding tert-OH is 1. The zero-order valence-electron chi connectivity index (χ0n) is 10.6. The fourth-order valence-corrected chi connectivity index (χ4v) is 2.80. The molecule has 1 saturated carbocycles. The summed E-state index contributed by atoms with van der Waals surface area (Å²) in [6.45, 7) is 0.363. The van der Waals surface area contributed by atoms with Crippen LogP contribution >= 0.6 is 0 Å². The van der Waals surface area contributed by atoms with Crippen LogP contribution in [-0.2, 0) is 0 Å². The zero-order chi connectivity index (χ0) is 12.4. The van der Waals surface area contributed by atoms with E-state index in [1.807, 2.05) is 18.2 Å². The number of hydrogen-bond acceptors (Lipinski definition) is 3. The summed E-state index contributed by atoms with van der Waals surface area (Å²) >= 11 is 0. The van der Waals surface area contributed by atoms with Gasteiger partial charge in [-0.05, 0) is 37.8 Å². The Hall–Kier alpha value is -1.22. The highest BCUT2D eigenvalue weighted by atomic mass is 16.5. The van der Waals surface area contributed by atoms with Crippen molar-refractivity contribution < 1.29 is 14.6 Å². The molecule has 1 aromatic rings. The Morgan fingerprint density at radius 1 is 1.11 bits per heavy atom. The van der Waals surface area contributed by atoms with Crippen molar-refractivity contribution in [2.75, 3.05) is 6.61 Å². The summed E-state index contributed by atoms with van der Waals surface area (Å²) in [4.78, 5) is 0. The van der Waals surface area contributed by atoms with Crippen LogP contribution in [-0.4, -0.2) is 17.8 Å². The second-order valence-electron chi connectivity index (χ2n) is 5.26. The summed E-state index contributed by atoms with van der Waals surface area (Å²) in [5, 5.41) is 9.67. The third-order valence-electron chi connectivity index (χ3n) is 3.85. The Bertz CT molecular complexity index is 408. The van der Waals surface area contributed by atoms with Crippen LogP contribution in [0.15, 0.2) is 18.2 Å². The molecule has 0 bridgehead atoms. The second-order valence-corrected chi connectivity index (χ2v) is 5.26. The minimum Gasteiger partial charge on any atom is -0.490 e. The van der Waals surface area contributed by atoms with Gasteiger partial charge >= 0.3 is 0 Å². The molecule has 1 N–H and O–H groups in total. The van der Waals surface area contributed by atoms with E-state index < -0.39 is 6.10 Å². The average molecular weight is 248 g/mol. The van der Waals surface area contributed by atoms with Crippen LogP contribution in [0.1, 0.15) is 50.2 Å². The highest BCUT2D eigenvalue weighted by Crippen LogP contribution is 2.35. The maximum atomic E-state index is 9.67. The van der Waals surface area contributed by atoms with Crippen LogP contribution in [0.5, 0.6) is 11.5 Å². The number of hydrogen-bond donors (Lipinski definition) is 1. The molecule has 0 spiro atoms. The number of fused-ring (bicyclic) bond motifs is 1. The minimum atomic E-state index is -0.480. The van der Waals surface area contributed by atoms with Crippen LogP contribution in [0.4, 0.5) is 0 Å². The zero-order valence-corrected chi connectivity index (χ0v) is 10.6. The van der Waals surface area contributed by atoms with Crippen LogP contribution in [0.3, 0.4) is 0 Å². The third kappa shape index (κ3) is 2.46. The van der Waals surface area contributed by atoms with E-state index in [-0.39, 0.29) is 0 Å². The average Bonchev–Trinajstić information content (AvgIpc) is 2.60. The Labute approximate surface area is 108 Å². The lowest BCUT2D eigenvalue weighted by molar-refractivity contribution is 0.140. The van der Waals surface area contributed by atoms with Crippen molar-refractivity contribution >= 4 is 0 Å². The van der Waals surface area contributed by atoms with Crippen molar-refractivity contribution in [2.45, 2.75) is 50.7 Å². The van der Waals surface area contributed by atoms with Gasteiger partial charge in [-0.3, -0.25) is 0 Å². The molecule has 1 fully saturated rings. The topological polar surface area (TPSA) is 38.7 Å². The van der Waals surface area contributed by atoms with E-state index in [9.17, 15) is 5.11 Å². The van der Waals surface area contributed by atoms with Gasteiger partial charge < -0.3 is 14.6 Å². The Balaban J connectivity index is 1.69. The largest absolute Gasteiger partial charge is 0.490 e. The fourth-order valence-electron chi connectivity index (χ4n) is 2.80. The van der Waals surface area contributed by atoms with Crippen molar-refractivity contribution in [3.63, 3.8) is 0 Å². The molecule has 0 amide bonds. The predicted octanol–water partition coefficient (Wildman–Crippen LogP) is 3.21. The lowest BCUT2D eigenvalue weighted by atomic mass is 10.1. The first kappa shape index (κ1) is 11.8. The lowest BCUT2D eigenvalue weighted by Crippen LogP contribution is -2.14. The van der Waals surface area contributed by atoms with Gasteiger partial charge in [0.15, 0.2) is 0 Å². The molecule has 1 aromatic carbocycles. The van der Waals surface area contributed by atoms with Gasteiger partial charge in [0, 0.05) is 11.6 Å². The van der Waals surface area contributed by atoms with E-state index in [4.69, 9.17) is 9.47 Å². The first-order valence-corrected chi connectivity index (χ1v) is 6.94. The highest BCUT2D eigenvalue weighted by molar-refractivity contribution is 5.44. The van der Waals surface area contributed by atoms with Crippen molar-refractivity contribution in [1.29, 1.82) is 0 Å². The number of rotatable bonds is 2. The second kappa shape index (κ2) is 5.19. The summed E-state index contributed by atoms with van der Waals surface area (Å²) in [6.07, 6.45) is 7.37. The van der Waals surface area contributed by atoms with Crippen LogP contribution in [0.25, 0.3) is 0 Å². The molecule has 3 heteroatoms. The molecule has 1 aliphatic heterocycles. The van der Waals surface area contributed by atoms with E-state index >= 15 is 0 Å². The first-order chi connectivity index (χ1) is 8.83. The van der Waals surface area contributed by atoms with Crippen LogP contribution in [0.2, 0.25) is 0 Å². The van der Waals surface area contributed by atoms with E-state index in [0.29, 0.717) is 12.7 Å². The van der Waals surface area contributed by atoms with E-state index in [1.165, 1.54) is 25.7 Å². The first-order valence-electron chi connectivity index (χ1n) is 6.94. The predicted molar refractivity (Wildman–Crippen MR) is 69.0 cm³/mol. The quantitative estimate of drug-likeness (QED) is 0.817. The van der Waals surface area contributed by atoms with Crippen molar-refractivity contribution in [3.05, 3.63) is 23.8 Å². The molecule has 98 valence electrons. The SMILES string of the molecule is OC1COc2cc(OC3CCCCCC3)ccc21. The van der Waals surface area contributed by atoms with Gasteiger partial charge in [0.2, 0.25) is 0 Å². The Morgan fingerprint density at radius 3 is 2.67 bits per heavy atom. The van der Waals surface area contributed by atoms with Crippen LogP contribution < -0.4 is 9.47 Å². The normalized spacial score (nSPS) is 24.2. The molecule has 0 radical (unpaired) electrons. The van der Waals surface area contributed by atoms with Gasteiger partial charge in [0.1, 0.15) is 24.2 Å². The monoisotopic (exact) mass is 248 g/mol. The molecule has 3 nitrogen and oxygen atoms in total. The molecule has 3 rings (SSSR count). The molecule has 1 heterocycles. The smallest absolute Gasteiger partial charge is 0.129 e. The highest BCUT2D eigenvalue weighted by Gasteiger charge is 2.22. The standard InChI is InChI=1S/C15H20O3/c16-14-10-17-15-9-12(7-8-13(14)15)18-11-5-3-1-2-4-6-11/h7-9,11,14,16H,1-6,10H2. The van der Waals surface area contributed by atoms with Gasteiger partial charge in [0.25, 0.3) is 0 Å². The maximum absolute atomic E-state index is 9.67. The molecule has 1 aliphatic carbocycles. The van der Waals surface area contributed by atoms with Crippen molar-refractivity contribution in [3.8, 4) is 11.5 Å². The molecule has 1 unspecified atom stereocenters. The van der Waals surface area contributed by atoms with Crippen molar-refractivity contribution in [1.82, 2.24) is 0 Å². The Kier molecular flexibility index (Phi) is 3.41. The molecule has 18 heavy (non-hydrogen) atoms. The number of ether oxygens (including phenoxy) is 2. The van der Waals surface area contributed by atoms with Crippen LogP contribution in [0, 0.1) is 0 Å². The molecular weight excluding hydrogens is 228 g/mol. The maximum Gasteiger partial charge on any atom is 0.129 e. The van der Waals surface area contributed by atoms with Gasteiger partial charge in [-0.1, -0.05) is 12.8 Å².